The van der Waals surface area contributed by atoms with E-state index >= 15 is 0 Å². The molecule has 5 rings (SSSR count). The first kappa shape index (κ1) is 26.0. The summed E-state index contributed by atoms with van der Waals surface area (Å²) >= 11 is 12.1. The number of ether oxygens (including phenoxy) is 2. The first-order valence-electron chi connectivity index (χ1n) is 12.4. The topological polar surface area (TPSA) is 79.4 Å². The fraction of sp³-hybridized carbons (Fsp3) is 0.444. The summed E-state index contributed by atoms with van der Waals surface area (Å²) in [5.41, 5.74) is 0.949. The van der Waals surface area contributed by atoms with Crippen molar-refractivity contribution in [3.63, 3.8) is 0 Å². The lowest BCUT2D eigenvalue weighted by Gasteiger charge is -2.45. The van der Waals surface area contributed by atoms with Crippen LogP contribution in [0.3, 0.4) is 0 Å². The summed E-state index contributed by atoms with van der Waals surface area (Å²) in [7, 11) is 0. The van der Waals surface area contributed by atoms with Gasteiger partial charge in [-0.1, -0.05) is 40.9 Å². The number of amides is 3. The molecule has 10 heteroatoms. The van der Waals surface area contributed by atoms with Crippen LogP contribution in [0.2, 0.25) is 10.0 Å². The lowest BCUT2D eigenvalue weighted by molar-refractivity contribution is -0.141. The molecule has 0 unspecified atom stereocenters. The zero-order valence-corrected chi connectivity index (χ0v) is 22.1. The highest BCUT2D eigenvalue weighted by Crippen LogP contribution is 2.39. The molecule has 1 spiro atoms. The molecule has 3 fully saturated rings. The number of morpholine rings is 1. The van der Waals surface area contributed by atoms with Crippen molar-refractivity contribution in [1.82, 2.24) is 14.7 Å². The van der Waals surface area contributed by atoms with Crippen LogP contribution in [0.4, 0.5) is 0 Å². The zero-order valence-electron chi connectivity index (χ0n) is 20.6. The minimum absolute atomic E-state index is 0.120. The Labute approximate surface area is 226 Å². The molecule has 196 valence electrons. The van der Waals surface area contributed by atoms with Gasteiger partial charge in [0.15, 0.2) is 0 Å². The van der Waals surface area contributed by atoms with Crippen molar-refractivity contribution in [1.29, 1.82) is 0 Å². The van der Waals surface area contributed by atoms with Crippen molar-refractivity contribution in [2.24, 2.45) is 0 Å². The van der Waals surface area contributed by atoms with Crippen LogP contribution in [0.1, 0.15) is 39.1 Å². The quantitative estimate of drug-likeness (QED) is 0.588. The second-order valence-electron chi connectivity index (χ2n) is 9.68. The standard InChI is InChI=1S/C27H29Cl2N3O5/c1-18-3-2-4-19(15-18)25(34)32-23(26(35)31-11-13-36-14-12-31)17-37-27(32)7-9-30(10-8-27)24(33)20-5-6-21(28)22(29)16-20/h2-6,15-16,23H,7-14,17H2,1H3/t23-/m1/s1. The van der Waals surface area contributed by atoms with Gasteiger partial charge in [-0.2, -0.15) is 0 Å². The van der Waals surface area contributed by atoms with Gasteiger partial charge in [0.2, 0.25) is 5.91 Å². The summed E-state index contributed by atoms with van der Waals surface area (Å²) in [6.07, 6.45) is 0.787. The van der Waals surface area contributed by atoms with Gasteiger partial charge in [0, 0.05) is 50.1 Å². The van der Waals surface area contributed by atoms with E-state index in [1.807, 2.05) is 25.1 Å². The molecule has 0 aliphatic carbocycles. The minimum Gasteiger partial charge on any atom is -0.378 e. The molecular weight excluding hydrogens is 517 g/mol. The van der Waals surface area contributed by atoms with Crippen LogP contribution in [0, 0.1) is 6.92 Å². The van der Waals surface area contributed by atoms with Crippen LogP contribution in [0.5, 0.6) is 0 Å². The van der Waals surface area contributed by atoms with Gasteiger partial charge >= 0.3 is 0 Å². The molecule has 8 nitrogen and oxygen atoms in total. The number of nitrogens with zero attached hydrogens (tertiary/aromatic N) is 3. The lowest BCUT2D eigenvalue weighted by atomic mass is 9.95. The number of carbonyl (C=O) groups excluding carboxylic acids is 3. The van der Waals surface area contributed by atoms with Gasteiger partial charge in [-0.25, -0.2) is 0 Å². The molecular formula is C27H29Cl2N3O5. The number of aryl methyl sites for hydroxylation is 1. The SMILES string of the molecule is Cc1cccc(C(=O)N2[C@@H](C(=O)N3CCOCC3)COC23CCN(C(=O)c2ccc(Cl)c(Cl)c2)CC3)c1. The normalized spacial score (nSPS) is 21.4. The van der Waals surface area contributed by atoms with Crippen LogP contribution in [-0.2, 0) is 14.3 Å². The van der Waals surface area contributed by atoms with Gasteiger partial charge in [0.05, 0.1) is 29.9 Å². The first-order valence-corrected chi connectivity index (χ1v) is 13.2. The maximum absolute atomic E-state index is 13.9. The Bertz CT molecular complexity index is 1210. The molecule has 0 aromatic heterocycles. The van der Waals surface area contributed by atoms with E-state index in [1.165, 1.54) is 0 Å². The summed E-state index contributed by atoms with van der Waals surface area (Å²) < 4.78 is 11.7. The maximum Gasteiger partial charge on any atom is 0.256 e. The average Bonchev–Trinajstić information content (AvgIpc) is 3.28. The number of rotatable bonds is 3. The zero-order chi connectivity index (χ0) is 26.2. The van der Waals surface area contributed by atoms with Crippen molar-refractivity contribution >= 4 is 40.9 Å². The van der Waals surface area contributed by atoms with E-state index in [2.05, 4.69) is 0 Å². The number of hydrogen-bond acceptors (Lipinski definition) is 5. The van der Waals surface area contributed by atoms with Crippen molar-refractivity contribution in [2.45, 2.75) is 31.5 Å². The number of piperidine rings is 1. The Morgan fingerprint density at radius 1 is 0.865 bits per heavy atom. The summed E-state index contributed by atoms with van der Waals surface area (Å²) in [4.78, 5) is 45.7. The minimum atomic E-state index is -0.970. The van der Waals surface area contributed by atoms with E-state index in [4.69, 9.17) is 32.7 Å². The molecule has 3 saturated heterocycles. The third kappa shape index (κ3) is 5.08. The molecule has 3 aliphatic rings. The first-order chi connectivity index (χ1) is 17.8. The Morgan fingerprint density at radius 3 is 2.24 bits per heavy atom. The predicted octanol–water partition coefficient (Wildman–Crippen LogP) is 3.63. The molecule has 2 aromatic carbocycles. The summed E-state index contributed by atoms with van der Waals surface area (Å²) in [6.45, 7) is 4.71. The highest BCUT2D eigenvalue weighted by molar-refractivity contribution is 6.42. The van der Waals surface area contributed by atoms with Gasteiger partial charge in [0.25, 0.3) is 11.8 Å². The van der Waals surface area contributed by atoms with Gasteiger partial charge in [-0.3, -0.25) is 19.3 Å². The number of halogens is 2. The van der Waals surface area contributed by atoms with Crippen LogP contribution < -0.4 is 0 Å². The highest BCUT2D eigenvalue weighted by Gasteiger charge is 2.55. The average molecular weight is 546 g/mol. The van der Waals surface area contributed by atoms with Crippen molar-refractivity contribution in [3.8, 4) is 0 Å². The van der Waals surface area contributed by atoms with Crippen molar-refractivity contribution in [3.05, 3.63) is 69.2 Å². The van der Waals surface area contributed by atoms with Crippen LogP contribution in [0.15, 0.2) is 42.5 Å². The number of carbonyl (C=O) groups is 3. The Kier molecular flexibility index (Phi) is 7.45. The van der Waals surface area contributed by atoms with Gasteiger partial charge < -0.3 is 19.3 Å². The Balaban J connectivity index is 1.39. The molecule has 0 saturated carbocycles. The molecule has 37 heavy (non-hydrogen) atoms. The fourth-order valence-electron chi connectivity index (χ4n) is 5.34. The predicted molar refractivity (Wildman–Crippen MR) is 139 cm³/mol. The maximum atomic E-state index is 13.9. The highest BCUT2D eigenvalue weighted by atomic mass is 35.5. The third-order valence-electron chi connectivity index (χ3n) is 7.35. The molecule has 3 aliphatic heterocycles. The van der Waals surface area contributed by atoms with Gasteiger partial charge in [0.1, 0.15) is 11.8 Å². The molecule has 1 atom stereocenters. The van der Waals surface area contributed by atoms with E-state index in [9.17, 15) is 14.4 Å². The lowest BCUT2D eigenvalue weighted by Crippen LogP contribution is -2.60. The smallest absolute Gasteiger partial charge is 0.256 e. The molecule has 2 aromatic rings. The Hall–Kier alpha value is -2.65. The summed E-state index contributed by atoms with van der Waals surface area (Å²) in [5.74, 6) is -0.531. The monoisotopic (exact) mass is 545 g/mol. The summed E-state index contributed by atoms with van der Waals surface area (Å²) in [6, 6.07) is 11.4. The number of likely N-dealkylation sites (tertiary alicyclic amines) is 1. The largest absolute Gasteiger partial charge is 0.378 e. The van der Waals surface area contributed by atoms with E-state index in [0.717, 1.165) is 5.56 Å². The third-order valence-corrected chi connectivity index (χ3v) is 8.09. The summed E-state index contributed by atoms with van der Waals surface area (Å²) in [5, 5.41) is 0.705. The van der Waals surface area contributed by atoms with E-state index in [-0.39, 0.29) is 24.3 Å². The van der Waals surface area contributed by atoms with Crippen molar-refractivity contribution < 1.29 is 23.9 Å². The number of hydrogen-bond donors (Lipinski definition) is 0. The number of benzene rings is 2. The van der Waals surface area contributed by atoms with Crippen LogP contribution in [-0.4, -0.2) is 90.2 Å². The second-order valence-corrected chi connectivity index (χ2v) is 10.5. The van der Waals surface area contributed by atoms with Crippen LogP contribution in [0.25, 0.3) is 0 Å². The van der Waals surface area contributed by atoms with Gasteiger partial charge in [-0.15, -0.1) is 0 Å². The Morgan fingerprint density at radius 2 is 1.57 bits per heavy atom. The molecule has 0 bridgehead atoms. The van der Waals surface area contributed by atoms with Gasteiger partial charge in [-0.05, 0) is 37.3 Å². The van der Waals surface area contributed by atoms with E-state index in [0.29, 0.717) is 73.4 Å². The molecule has 3 amide bonds. The van der Waals surface area contributed by atoms with Crippen LogP contribution >= 0.6 is 23.2 Å². The van der Waals surface area contributed by atoms with Crippen molar-refractivity contribution in [2.75, 3.05) is 46.0 Å². The molecule has 0 N–H and O–H groups in total. The molecule has 0 radical (unpaired) electrons. The fourth-order valence-corrected chi connectivity index (χ4v) is 5.64. The van der Waals surface area contributed by atoms with E-state index in [1.54, 1.807) is 39.0 Å². The van der Waals surface area contributed by atoms with E-state index < -0.39 is 11.8 Å². The second kappa shape index (κ2) is 10.6. The molecule has 3 heterocycles.